The van der Waals surface area contributed by atoms with Gasteiger partial charge in [-0.05, 0) is 20.3 Å². The maximum Gasteiger partial charge on any atom is 0.303 e. The standard InChI is InChI=1S/C11H22N2O5S/c1-3-13(4-2)10(14)7-8-12-19(17,18)9-5-6-11(15)16/h12H,3-9H2,1-2H3,(H,15,16). The van der Waals surface area contributed by atoms with Gasteiger partial charge < -0.3 is 10.0 Å². The zero-order valence-electron chi connectivity index (χ0n) is 11.4. The van der Waals surface area contributed by atoms with E-state index in [1.807, 2.05) is 13.8 Å². The molecule has 112 valence electrons. The van der Waals surface area contributed by atoms with Crippen LogP contribution in [-0.2, 0) is 19.6 Å². The molecular weight excluding hydrogens is 272 g/mol. The molecule has 0 aromatic heterocycles. The topological polar surface area (TPSA) is 104 Å². The number of nitrogens with one attached hydrogen (secondary N) is 1. The van der Waals surface area contributed by atoms with Gasteiger partial charge in [0.05, 0.1) is 5.75 Å². The lowest BCUT2D eigenvalue weighted by Crippen LogP contribution is -2.35. The van der Waals surface area contributed by atoms with E-state index >= 15 is 0 Å². The summed E-state index contributed by atoms with van der Waals surface area (Å²) in [5.74, 6) is -1.36. The van der Waals surface area contributed by atoms with E-state index in [9.17, 15) is 18.0 Å². The zero-order chi connectivity index (χ0) is 14.9. The third-order valence-corrected chi connectivity index (χ3v) is 4.05. The predicted molar refractivity (Wildman–Crippen MR) is 71.2 cm³/mol. The van der Waals surface area contributed by atoms with Gasteiger partial charge >= 0.3 is 5.97 Å². The summed E-state index contributed by atoms with van der Waals surface area (Å²) in [6.07, 6.45) is -0.00616. The van der Waals surface area contributed by atoms with Crippen molar-refractivity contribution in [2.24, 2.45) is 0 Å². The molecule has 0 radical (unpaired) electrons. The summed E-state index contributed by atoms with van der Waals surface area (Å²) >= 11 is 0. The van der Waals surface area contributed by atoms with Crippen molar-refractivity contribution in [3.8, 4) is 0 Å². The maximum absolute atomic E-state index is 11.6. The molecule has 0 aliphatic carbocycles. The number of sulfonamides is 1. The van der Waals surface area contributed by atoms with E-state index in [1.165, 1.54) is 0 Å². The Kier molecular flexibility index (Phi) is 8.33. The second-order valence-electron chi connectivity index (χ2n) is 4.03. The van der Waals surface area contributed by atoms with Gasteiger partial charge in [-0.25, -0.2) is 13.1 Å². The average molecular weight is 294 g/mol. The first-order valence-electron chi connectivity index (χ1n) is 6.29. The molecule has 1 amide bonds. The zero-order valence-corrected chi connectivity index (χ0v) is 12.2. The molecular formula is C11H22N2O5S. The van der Waals surface area contributed by atoms with Crippen molar-refractivity contribution in [2.75, 3.05) is 25.4 Å². The van der Waals surface area contributed by atoms with Crippen LogP contribution in [0.3, 0.4) is 0 Å². The first-order chi connectivity index (χ1) is 8.82. The number of carboxylic acid groups (broad SMARTS) is 1. The highest BCUT2D eigenvalue weighted by atomic mass is 32.2. The van der Waals surface area contributed by atoms with Gasteiger partial charge in [-0.3, -0.25) is 9.59 Å². The van der Waals surface area contributed by atoms with Crippen molar-refractivity contribution in [1.82, 2.24) is 9.62 Å². The van der Waals surface area contributed by atoms with Crippen LogP contribution in [0, 0.1) is 0 Å². The monoisotopic (exact) mass is 294 g/mol. The second kappa shape index (κ2) is 8.87. The molecule has 0 atom stereocenters. The number of aliphatic carboxylic acids is 1. The highest BCUT2D eigenvalue weighted by molar-refractivity contribution is 7.89. The summed E-state index contributed by atoms with van der Waals surface area (Å²) < 4.78 is 25.2. The summed E-state index contributed by atoms with van der Waals surface area (Å²) in [6.45, 7) is 4.96. The Morgan fingerprint density at radius 1 is 1.16 bits per heavy atom. The van der Waals surface area contributed by atoms with Crippen molar-refractivity contribution in [1.29, 1.82) is 0 Å². The van der Waals surface area contributed by atoms with Gasteiger partial charge in [0.25, 0.3) is 0 Å². The maximum atomic E-state index is 11.6. The third kappa shape index (κ3) is 8.55. The van der Waals surface area contributed by atoms with Crippen molar-refractivity contribution in [3.05, 3.63) is 0 Å². The van der Waals surface area contributed by atoms with Crippen LogP contribution >= 0.6 is 0 Å². The van der Waals surface area contributed by atoms with Crippen LogP contribution in [0.4, 0.5) is 0 Å². The van der Waals surface area contributed by atoms with E-state index < -0.39 is 16.0 Å². The fraction of sp³-hybridized carbons (Fsp3) is 0.818. The Balaban J connectivity index is 3.98. The van der Waals surface area contributed by atoms with Crippen LogP contribution in [0.15, 0.2) is 0 Å². The average Bonchev–Trinajstić information content (AvgIpc) is 2.29. The van der Waals surface area contributed by atoms with Gasteiger partial charge in [-0.1, -0.05) is 0 Å². The SMILES string of the molecule is CCN(CC)C(=O)CCNS(=O)(=O)CCCC(=O)O. The molecule has 0 heterocycles. The number of hydrogen-bond acceptors (Lipinski definition) is 4. The van der Waals surface area contributed by atoms with Crippen LogP contribution in [-0.4, -0.2) is 55.7 Å². The molecule has 0 aliphatic rings. The number of amides is 1. The van der Waals surface area contributed by atoms with Crippen LogP contribution in [0.5, 0.6) is 0 Å². The predicted octanol–water partition coefficient (Wildman–Crippen LogP) is 0.0291. The minimum atomic E-state index is -3.50. The lowest BCUT2D eigenvalue weighted by atomic mass is 10.3. The molecule has 0 saturated carbocycles. The highest BCUT2D eigenvalue weighted by Crippen LogP contribution is 1.97. The van der Waals surface area contributed by atoms with E-state index in [0.29, 0.717) is 13.1 Å². The fourth-order valence-electron chi connectivity index (χ4n) is 1.53. The number of rotatable bonds is 10. The molecule has 0 rings (SSSR count). The van der Waals surface area contributed by atoms with E-state index in [4.69, 9.17) is 5.11 Å². The fourth-order valence-corrected chi connectivity index (χ4v) is 2.62. The van der Waals surface area contributed by atoms with Crippen LogP contribution in [0.25, 0.3) is 0 Å². The molecule has 0 bridgehead atoms. The van der Waals surface area contributed by atoms with Gasteiger partial charge in [0, 0.05) is 32.5 Å². The Labute approximate surface area is 114 Å². The summed E-state index contributed by atoms with van der Waals surface area (Å²) in [6, 6.07) is 0. The lowest BCUT2D eigenvalue weighted by Gasteiger charge is -2.18. The molecule has 0 fully saturated rings. The third-order valence-electron chi connectivity index (χ3n) is 2.58. The van der Waals surface area contributed by atoms with Crippen LogP contribution in [0.2, 0.25) is 0 Å². The largest absolute Gasteiger partial charge is 0.481 e. The van der Waals surface area contributed by atoms with Crippen LogP contribution < -0.4 is 4.72 Å². The van der Waals surface area contributed by atoms with Gasteiger partial charge in [0.15, 0.2) is 0 Å². The minimum Gasteiger partial charge on any atom is -0.481 e. The smallest absolute Gasteiger partial charge is 0.303 e. The molecule has 7 nitrogen and oxygen atoms in total. The quantitative estimate of drug-likeness (QED) is 0.591. The summed E-state index contributed by atoms with van der Waals surface area (Å²) in [5.41, 5.74) is 0. The van der Waals surface area contributed by atoms with Crippen LogP contribution in [0.1, 0.15) is 33.1 Å². The molecule has 2 N–H and O–H groups in total. The summed E-state index contributed by atoms with van der Waals surface area (Å²) in [5, 5.41) is 8.41. The number of hydrogen-bond donors (Lipinski definition) is 2. The molecule has 0 aromatic carbocycles. The Hall–Kier alpha value is -1.15. The molecule has 0 saturated heterocycles. The summed E-state index contributed by atoms with van der Waals surface area (Å²) in [7, 11) is -3.50. The van der Waals surface area contributed by atoms with Crippen molar-refractivity contribution >= 4 is 21.9 Å². The van der Waals surface area contributed by atoms with E-state index in [1.54, 1.807) is 4.90 Å². The first-order valence-corrected chi connectivity index (χ1v) is 7.94. The Morgan fingerprint density at radius 2 is 1.74 bits per heavy atom. The molecule has 0 unspecified atom stereocenters. The number of carbonyl (C=O) groups is 2. The van der Waals surface area contributed by atoms with Gasteiger partial charge in [0.1, 0.15) is 0 Å². The van der Waals surface area contributed by atoms with Crippen molar-refractivity contribution < 1.29 is 23.1 Å². The molecule has 0 aliphatic heterocycles. The number of carbonyl (C=O) groups excluding carboxylic acids is 1. The first kappa shape index (κ1) is 17.8. The highest BCUT2D eigenvalue weighted by Gasteiger charge is 2.13. The number of carboxylic acids is 1. The molecule has 8 heteroatoms. The number of nitrogens with zero attached hydrogens (tertiary/aromatic N) is 1. The van der Waals surface area contributed by atoms with E-state index in [2.05, 4.69) is 4.72 Å². The molecule has 19 heavy (non-hydrogen) atoms. The van der Waals surface area contributed by atoms with Crippen molar-refractivity contribution in [2.45, 2.75) is 33.1 Å². The van der Waals surface area contributed by atoms with Gasteiger partial charge in [-0.2, -0.15) is 0 Å². The lowest BCUT2D eigenvalue weighted by molar-refractivity contribution is -0.137. The van der Waals surface area contributed by atoms with Gasteiger partial charge in [0.2, 0.25) is 15.9 Å². The van der Waals surface area contributed by atoms with Crippen molar-refractivity contribution in [3.63, 3.8) is 0 Å². The minimum absolute atomic E-state index is 0.0464. The Morgan fingerprint density at radius 3 is 2.21 bits per heavy atom. The van der Waals surface area contributed by atoms with E-state index in [-0.39, 0.29) is 37.5 Å². The molecule has 0 aromatic rings. The molecule has 0 spiro atoms. The Bertz CT molecular complexity index is 390. The summed E-state index contributed by atoms with van der Waals surface area (Å²) in [4.78, 5) is 23.5. The second-order valence-corrected chi connectivity index (χ2v) is 5.95. The van der Waals surface area contributed by atoms with Gasteiger partial charge in [-0.15, -0.1) is 0 Å². The van der Waals surface area contributed by atoms with E-state index in [0.717, 1.165) is 0 Å². The normalized spacial score (nSPS) is 11.3.